The standard InChI is InChI=1S/C8H15N3O.2C2H6/c9-11-5-3-10(4-6-11)8(12)7-1-2-7;2*1-2/h7H,1-6,9H2;2*1-2H3. The van der Waals surface area contributed by atoms with Crippen LogP contribution in [0.2, 0.25) is 0 Å². The van der Waals surface area contributed by atoms with Crippen molar-refractivity contribution in [3.8, 4) is 0 Å². The Hall–Kier alpha value is -0.610. The summed E-state index contributed by atoms with van der Waals surface area (Å²) >= 11 is 0. The van der Waals surface area contributed by atoms with Crippen molar-refractivity contribution in [3.63, 3.8) is 0 Å². The first-order valence-electron chi connectivity index (χ1n) is 6.56. The highest BCUT2D eigenvalue weighted by Crippen LogP contribution is 2.31. The molecule has 0 aromatic carbocycles. The molecule has 0 atom stereocenters. The Balaban J connectivity index is 0.000000509. The number of nitrogens with two attached hydrogens (primary N) is 1. The molecule has 1 saturated heterocycles. The molecule has 1 aliphatic heterocycles. The molecule has 0 radical (unpaired) electrons. The fourth-order valence-corrected chi connectivity index (χ4v) is 1.53. The van der Waals surface area contributed by atoms with Gasteiger partial charge in [0, 0.05) is 32.1 Å². The van der Waals surface area contributed by atoms with Crippen LogP contribution >= 0.6 is 0 Å². The van der Waals surface area contributed by atoms with Crippen LogP contribution in [0.4, 0.5) is 0 Å². The monoisotopic (exact) mass is 229 g/mol. The van der Waals surface area contributed by atoms with Gasteiger partial charge in [-0.25, -0.2) is 5.01 Å². The summed E-state index contributed by atoms with van der Waals surface area (Å²) in [5.74, 6) is 6.29. The van der Waals surface area contributed by atoms with Gasteiger partial charge in [0.15, 0.2) is 0 Å². The van der Waals surface area contributed by atoms with Crippen LogP contribution < -0.4 is 5.84 Å². The third kappa shape index (κ3) is 4.94. The molecule has 0 spiro atoms. The lowest BCUT2D eigenvalue weighted by Gasteiger charge is -2.32. The summed E-state index contributed by atoms with van der Waals surface area (Å²) in [4.78, 5) is 13.5. The Morgan fingerprint density at radius 3 is 1.81 bits per heavy atom. The van der Waals surface area contributed by atoms with Gasteiger partial charge < -0.3 is 4.90 Å². The third-order valence-electron chi connectivity index (χ3n) is 2.55. The number of carbonyl (C=O) groups excluding carboxylic acids is 1. The zero-order chi connectivity index (χ0) is 12.6. The summed E-state index contributed by atoms with van der Waals surface area (Å²) in [6.45, 7) is 11.3. The second-order valence-corrected chi connectivity index (χ2v) is 3.64. The molecule has 1 saturated carbocycles. The van der Waals surface area contributed by atoms with E-state index < -0.39 is 0 Å². The van der Waals surface area contributed by atoms with Gasteiger partial charge in [0.1, 0.15) is 0 Å². The van der Waals surface area contributed by atoms with Gasteiger partial charge in [0.05, 0.1) is 0 Å². The highest BCUT2D eigenvalue weighted by Gasteiger charge is 2.34. The van der Waals surface area contributed by atoms with Crippen LogP contribution in [0.15, 0.2) is 0 Å². The van der Waals surface area contributed by atoms with Crippen molar-refractivity contribution < 1.29 is 4.79 Å². The maximum absolute atomic E-state index is 11.5. The molecule has 2 rings (SSSR count). The number of hydrogen-bond acceptors (Lipinski definition) is 3. The lowest BCUT2D eigenvalue weighted by atomic mass is 10.3. The fraction of sp³-hybridized carbons (Fsp3) is 0.917. The van der Waals surface area contributed by atoms with E-state index in [1.165, 1.54) is 0 Å². The first-order valence-corrected chi connectivity index (χ1v) is 6.56. The van der Waals surface area contributed by atoms with E-state index in [2.05, 4.69) is 0 Å². The fourth-order valence-electron chi connectivity index (χ4n) is 1.53. The van der Waals surface area contributed by atoms with E-state index >= 15 is 0 Å². The Labute approximate surface area is 99.7 Å². The largest absolute Gasteiger partial charge is 0.340 e. The van der Waals surface area contributed by atoms with Crippen LogP contribution in [0.25, 0.3) is 0 Å². The van der Waals surface area contributed by atoms with Crippen molar-refractivity contribution >= 4 is 5.91 Å². The van der Waals surface area contributed by atoms with E-state index in [-0.39, 0.29) is 0 Å². The lowest BCUT2D eigenvalue weighted by molar-refractivity contribution is -0.134. The van der Waals surface area contributed by atoms with Gasteiger partial charge in [-0.2, -0.15) is 0 Å². The molecule has 0 unspecified atom stereocenters. The lowest BCUT2D eigenvalue weighted by Crippen LogP contribution is -2.51. The second-order valence-electron chi connectivity index (χ2n) is 3.64. The number of hydrogen-bond donors (Lipinski definition) is 1. The summed E-state index contributed by atoms with van der Waals surface area (Å²) < 4.78 is 0. The van der Waals surface area contributed by atoms with Crippen LogP contribution in [-0.4, -0.2) is 42.0 Å². The van der Waals surface area contributed by atoms with Crippen molar-refractivity contribution in [3.05, 3.63) is 0 Å². The smallest absolute Gasteiger partial charge is 0.225 e. The highest BCUT2D eigenvalue weighted by atomic mass is 16.2. The summed E-state index contributed by atoms with van der Waals surface area (Å²) in [6, 6.07) is 0. The number of hydrazine groups is 1. The SMILES string of the molecule is CC.CC.NN1CCN(C(=O)C2CC2)CC1. The summed E-state index contributed by atoms with van der Waals surface area (Å²) in [5, 5.41) is 1.77. The molecule has 2 fully saturated rings. The predicted molar refractivity (Wildman–Crippen MR) is 67.8 cm³/mol. The van der Waals surface area contributed by atoms with E-state index in [0.29, 0.717) is 11.8 Å². The van der Waals surface area contributed by atoms with Crippen molar-refractivity contribution in [1.82, 2.24) is 9.91 Å². The molecule has 4 nitrogen and oxygen atoms in total. The van der Waals surface area contributed by atoms with Gasteiger partial charge in [-0.3, -0.25) is 10.6 Å². The normalized spacial score (nSPS) is 20.2. The molecular weight excluding hydrogens is 202 g/mol. The first-order chi connectivity index (χ1) is 7.77. The van der Waals surface area contributed by atoms with Crippen LogP contribution in [-0.2, 0) is 4.79 Å². The van der Waals surface area contributed by atoms with Gasteiger partial charge in [-0.15, -0.1) is 0 Å². The molecule has 16 heavy (non-hydrogen) atoms. The molecule has 4 heteroatoms. The Kier molecular flexibility index (Phi) is 8.21. The van der Waals surface area contributed by atoms with Crippen LogP contribution in [0.1, 0.15) is 40.5 Å². The minimum atomic E-state index is 0.350. The predicted octanol–water partition coefficient (Wildman–Crippen LogP) is 1.47. The van der Waals surface area contributed by atoms with E-state index in [0.717, 1.165) is 39.0 Å². The molecule has 0 bridgehead atoms. The van der Waals surface area contributed by atoms with Crippen LogP contribution in [0.5, 0.6) is 0 Å². The molecule has 2 aliphatic rings. The molecular formula is C12H27N3O. The van der Waals surface area contributed by atoms with Gasteiger partial charge in [0.25, 0.3) is 0 Å². The Morgan fingerprint density at radius 1 is 1.00 bits per heavy atom. The van der Waals surface area contributed by atoms with E-state index in [9.17, 15) is 4.79 Å². The third-order valence-corrected chi connectivity index (χ3v) is 2.55. The van der Waals surface area contributed by atoms with Gasteiger partial charge in [-0.1, -0.05) is 27.7 Å². The highest BCUT2D eigenvalue weighted by molar-refractivity contribution is 5.81. The maximum Gasteiger partial charge on any atom is 0.225 e. The number of amides is 1. The summed E-state index contributed by atoms with van der Waals surface area (Å²) in [6.07, 6.45) is 2.20. The van der Waals surface area contributed by atoms with Crippen molar-refractivity contribution in [1.29, 1.82) is 0 Å². The molecule has 0 aromatic rings. The second kappa shape index (κ2) is 8.53. The minimum absolute atomic E-state index is 0.350. The van der Waals surface area contributed by atoms with E-state index in [1.807, 2.05) is 32.6 Å². The summed E-state index contributed by atoms with van der Waals surface area (Å²) in [7, 11) is 0. The average molecular weight is 229 g/mol. The van der Waals surface area contributed by atoms with Gasteiger partial charge >= 0.3 is 0 Å². The number of piperazine rings is 1. The summed E-state index contributed by atoms with van der Waals surface area (Å²) in [5.41, 5.74) is 0. The number of nitrogens with zero attached hydrogens (tertiary/aromatic N) is 2. The molecule has 96 valence electrons. The number of rotatable bonds is 1. The van der Waals surface area contributed by atoms with E-state index in [1.54, 1.807) is 5.01 Å². The minimum Gasteiger partial charge on any atom is -0.340 e. The maximum atomic E-state index is 11.5. The van der Waals surface area contributed by atoms with Gasteiger partial charge in [-0.05, 0) is 12.8 Å². The topological polar surface area (TPSA) is 49.6 Å². The average Bonchev–Trinajstić information content (AvgIpc) is 3.18. The van der Waals surface area contributed by atoms with Crippen molar-refractivity contribution in [2.45, 2.75) is 40.5 Å². The molecule has 1 amide bonds. The number of carbonyl (C=O) groups is 1. The van der Waals surface area contributed by atoms with Crippen LogP contribution in [0.3, 0.4) is 0 Å². The van der Waals surface area contributed by atoms with Crippen molar-refractivity contribution in [2.75, 3.05) is 26.2 Å². The van der Waals surface area contributed by atoms with Crippen molar-refractivity contribution in [2.24, 2.45) is 11.8 Å². The Morgan fingerprint density at radius 2 is 1.44 bits per heavy atom. The van der Waals surface area contributed by atoms with E-state index in [4.69, 9.17) is 5.84 Å². The zero-order valence-electron chi connectivity index (χ0n) is 11.2. The molecule has 1 aliphatic carbocycles. The molecule has 2 N–H and O–H groups in total. The molecule has 0 aromatic heterocycles. The Bertz CT molecular complexity index is 185. The van der Waals surface area contributed by atoms with Gasteiger partial charge in [0.2, 0.25) is 5.91 Å². The quantitative estimate of drug-likeness (QED) is 0.693. The zero-order valence-corrected chi connectivity index (χ0v) is 11.2. The first kappa shape index (κ1) is 15.4. The molecule has 1 heterocycles. The van der Waals surface area contributed by atoms with Crippen LogP contribution in [0, 0.1) is 5.92 Å².